The number of rotatable bonds is 2. The molecule has 1 aromatic carbocycles. The Morgan fingerprint density at radius 3 is 2.62 bits per heavy atom. The van der Waals surface area contributed by atoms with Crippen molar-refractivity contribution in [3.63, 3.8) is 0 Å². The predicted octanol–water partition coefficient (Wildman–Crippen LogP) is 3.32. The van der Waals surface area contributed by atoms with Crippen LogP contribution < -0.4 is 5.69 Å². The average Bonchev–Trinajstić information content (AvgIpc) is 3.33. The number of nitrogens with one attached hydrogen (secondary N) is 1. The smallest absolute Gasteiger partial charge is 0.326 e. The van der Waals surface area contributed by atoms with Crippen LogP contribution in [0.1, 0.15) is 51.5 Å². The number of amides is 1. The van der Waals surface area contributed by atoms with Crippen molar-refractivity contribution in [2.45, 2.75) is 51.5 Å². The summed E-state index contributed by atoms with van der Waals surface area (Å²) in [5.74, 6) is 1.74. The van der Waals surface area contributed by atoms with Gasteiger partial charge < -0.3 is 9.88 Å². The van der Waals surface area contributed by atoms with Gasteiger partial charge in [-0.1, -0.05) is 25.5 Å². The van der Waals surface area contributed by atoms with Crippen molar-refractivity contribution < 1.29 is 4.79 Å². The highest BCUT2D eigenvalue weighted by atomic mass is 16.2. The van der Waals surface area contributed by atoms with Gasteiger partial charge in [-0.25, -0.2) is 4.79 Å². The van der Waals surface area contributed by atoms with Crippen molar-refractivity contribution in [1.29, 1.82) is 0 Å². The van der Waals surface area contributed by atoms with E-state index in [-0.39, 0.29) is 17.1 Å². The Bertz CT molecular complexity index is 905. The van der Waals surface area contributed by atoms with Gasteiger partial charge in [0.25, 0.3) is 0 Å². The molecule has 2 heterocycles. The van der Waals surface area contributed by atoms with Gasteiger partial charge in [-0.05, 0) is 56.1 Å². The number of piperidine rings is 1. The number of H-pyrrole nitrogens is 1. The van der Waals surface area contributed by atoms with Gasteiger partial charge >= 0.3 is 5.69 Å². The number of imidazole rings is 1. The van der Waals surface area contributed by atoms with Crippen LogP contribution in [0.15, 0.2) is 29.1 Å². The molecule has 3 atom stereocenters. The number of aromatic nitrogens is 2. The van der Waals surface area contributed by atoms with Gasteiger partial charge in [0, 0.05) is 24.5 Å². The molecule has 1 aromatic heterocycles. The van der Waals surface area contributed by atoms with Crippen molar-refractivity contribution in [2.75, 3.05) is 13.1 Å². The molecule has 1 aliphatic heterocycles. The summed E-state index contributed by atoms with van der Waals surface area (Å²) >= 11 is 0. The summed E-state index contributed by atoms with van der Waals surface area (Å²) in [7, 11) is 0. The number of likely N-dealkylation sites (tertiary alicyclic amines) is 1. The van der Waals surface area contributed by atoms with E-state index in [1.807, 2.05) is 28.8 Å². The Morgan fingerprint density at radius 2 is 1.92 bits per heavy atom. The fourth-order valence-electron chi connectivity index (χ4n) is 5.99. The van der Waals surface area contributed by atoms with Crippen molar-refractivity contribution in [1.82, 2.24) is 14.5 Å². The summed E-state index contributed by atoms with van der Waals surface area (Å²) in [5, 5.41) is 0. The first-order valence-electron chi connectivity index (χ1n) is 10.0. The first kappa shape index (κ1) is 16.2. The van der Waals surface area contributed by atoms with Crippen LogP contribution in [0.4, 0.5) is 0 Å². The molecule has 138 valence electrons. The van der Waals surface area contributed by atoms with E-state index in [9.17, 15) is 9.59 Å². The Morgan fingerprint density at radius 1 is 1.15 bits per heavy atom. The molecule has 3 aliphatic rings. The van der Waals surface area contributed by atoms with E-state index in [1.54, 1.807) is 0 Å². The summed E-state index contributed by atoms with van der Waals surface area (Å²) in [6.45, 7) is 3.74. The predicted molar refractivity (Wildman–Crippen MR) is 101 cm³/mol. The van der Waals surface area contributed by atoms with Crippen molar-refractivity contribution >= 4 is 16.9 Å². The van der Waals surface area contributed by atoms with E-state index in [4.69, 9.17) is 0 Å². The molecular formula is C21H27N3O2. The highest BCUT2D eigenvalue weighted by Gasteiger charge is 2.53. The average molecular weight is 353 g/mol. The van der Waals surface area contributed by atoms with Crippen molar-refractivity contribution in [2.24, 2.45) is 17.3 Å². The third kappa shape index (κ3) is 2.29. The van der Waals surface area contributed by atoms with E-state index >= 15 is 0 Å². The summed E-state index contributed by atoms with van der Waals surface area (Å²) in [6.07, 6.45) is 6.60. The number of nitrogens with zero attached hydrogens (tertiary/aromatic N) is 2. The van der Waals surface area contributed by atoms with E-state index < -0.39 is 0 Å². The van der Waals surface area contributed by atoms with Crippen LogP contribution in [0.3, 0.4) is 0 Å². The Balaban J connectivity index is 1.33. The largest absolute Gasteiger partial charge is 0.342 e. The first-order chi connectivity index (χ1) is 12.6. The second-order valence-corrected chi connectivity index (χ2v) is 8.84. The molecule has 1 amide bonds. The highest BCUT2D eigenvalue weighted by Crippen LogP contribution is 2.56. The quantitative estimate of drug-likeness (QED) is 0.900. The maximum Gasteiger partial charge on any atom is 0.326 e. The number of benzene rings is 1. The fraction of sp³-hybridized carbons (Fsp3) is 0.619. The molecule has 5 nitrogen and oxygen atoms in total. The molecule has 3 fully saturated rings. The molecule has 1 saturated heterocycles. The third-order valence-corrected chi connectivity index (χ3v) is 7.38. The second kappa shape index (κ2) is 5.73. The van der Waals surface area contributed by atoms with Crippen LogP contribution in [-0.4, -0.2) is 33.4 Å². The Hall–Kier alpha value is -2.04. The monoisotopic (exact) mass is 353 g/mol. The minimum atomic E-state index is -0.132. The zero-order valence-electron chi connectivity index (χ0n) is 15.4. The standard InChI is InChI=1S/C21H27N3O2/c1-21(13-14-6-7-15(21)12-14)19(25)23-10-8-16(9-11-23)24-18-5-3-2-4-17(18)22-20(24)26/h2-5,14-16H,6-13H2,1H3,(H,22,26). The van der Waals surface area contributed by atoms with Gasteiger partial charge in [-0.15, -0.1) is 0 Å². The summed E-state index contributed by atoms with van der Waals surface area (Å²) < 4.78 is 1.90. The van der Waals surface area contributed by atoms with Gasteiger partial charge in [0.2, 0.25) is 5.91 Å². The zero-order chi connectivity index (χ0) is 17.9. The van der Waals surface area contributed by atoms with Gasteiger partial charge in [0.05, 0.1) is 11.0 Å². The van der Waals surface area contributed by atoms with E-state index in [0.717, 1.165) is 49.3 Å². The zero-order valence-corrected chi connectivity index (χ0v) is 15.4. The number of hydrogen-bond acceptors (Lipinski definition) is 2. The second-order valence-electron chi connectivity index (χ2n) is 8.84. The van der Waals surface area contributed by atoms with Crippen molar-refractivity contribution in [3.8, 4) is 0 Å². The number of aromatic amines is 1. The van der Waals surface area contributed by atoms with Crippen LogP contribution in [-0.2, 0) is 4.79 Å². The molecule has 0 spiro atoms. The van der Waals surface area contributed by atoms with Crippen LogP contribution >= 0.6 is 0 Å². The lowest BCUT2D eigenvalue weighted by Crippen LogP contribution is -2.48. The molecule has 26 heavy (non-hydrogen) atoms. The topological polar surface area (TPSA) is 58.1 Å². The lowest BCUT2D eigenvalue weighted by Gasteiger charge is -2.40. The molecule has 5 heteroatoms. The molecule has 0 radical (unpaired) electrons. The molecule has 1 N–H and O–H groups in total. The van der Waals surface area contributed by atoms with Crippen LogP contribution in [0.5, 0.6) is 0 Å². The van der Waals surface area contributed by atoms with Crippen LogP contribution in [0.2, 0.25) is 0 Å². The fourth-order valence-corrected chi connectivity index (χ4v) is 5.99. The van der Waals surface area contributed by atoms with Gasteiger partial charge in [-0.2, -0.15) is 0 Å². The molecule has 2 aliphatic carbocycles. The summed E-state index contributed by atoms with van der Waals surface area (Å²) in [6, 6.07) is 8.04. The maximum absolute atomic E-state index is 13.2. The van der Waals surface area contributed by atoms with Gasteiger partial charge in [0.1, 0.15) is 0 Å². The molecule has 2 bridgehead atoms. The van der Waals surface area contributed by atoms with E-state index in [1.165, 1.54) is 19.3 Å². The molecule has 5 rings (SSSR count). The summed E-state index contributed by atoms with van der Waals surface area (Å²) in [5.41, 5.74) is 1.71. The first-order valence-corrected chi connectivity index (χ1v) is 10.0. The molecular weight excluding hydrogens is 326 g/mol. The normalized spacial score (nSPS) is 31.8. The van der Waals surface area contributed by atoms with Crippen molar-refractivity contribution in [3.05, 3.63) is 34.7 Å². The van der Waals surface area contributed by atoms with Gasteiger partial charge in [-0.3, -0.25) is 9.36 Å². The highest BCUT2D eigenvalue weighted by molar-refractivity contribution is 5.83. The number of hydrogen-bond donors (Lipinski definition) is 1. The van der Waals surface area contributed by atoms with Gasteiger partial charge in [0.15, 0.2) is 0 Å². The lowest BCUT2D eigenvalue weighted by molar-refractivity contribution is -0.145. The number of para-hydroxylation sites is 2. The third-order valence-electron chi connectivity index (χ3n) is 7.38. The Labute approximate surface area is 153 Å². The van der Waals surface area contributed by atoms with E-state index in [0.29, 0.717) is 11.8 Å². The number of fused-ring (bicyclic) bond motifs is 3. The number of carbonyl (C=O) groups is 1. The molecule has 2 saturated carbocycles. The lowest BCUT2D eigenvalue weighted by atomic mass is 9.73. The molecule has 2 aromatic rings. The maximum atomic E-state index is 13.2. The van der Waals surface area contributed by atoms with Crippen LogP contribution in [0, 0.1) is 17.3 Å². The minimum absolute atomic E-state index is 0.0314. The molecule has 3 unspecified atom stereocenters. The SMILES string of the molecule is CC1(C(=O)N2CCC(n3c(=O)[nH]c4ccccc43)CC2)CC2CCC1C2. The minimum Gasteiger partial charge on any atom is -0.342 e. The van der Waals surface area contributed by atoms with E-state index in [2.05, 4.69) is 16.8 Å². The Kier molecular flexibility index (Phi) is 3.56. The van der Waals surface area contributed by atoms with Crippen LogP contribution in [0.25, 0.3) is 11.0 Å². The summed E-state index contributed by atoms with van der Waals surface area (Å²) in [4.78, 5) is 30.7. The number of carbonyl (C=O) groups excluding carboxylic acids is 1.